The van der Waals surface area contributed by atoms with Crippen LogP contribution < -0.4 is 21.1 Å². The predicted octanol–water partition coefficient (Wildman–Crippen LogP) is 3.63. The van der Waals surface area contributed by atoms with Gasteiger partial charge < -0.3 is 31.1 Å². The first-order valence-corrected chi connectivity index (χ1v) is 16.3. The molecule has 0 spiro atoms. The molecule has 2 aliphatic rings. The number of carbonyl (C=O) groups is 3. The second-order valence-electron chi connectivity index (χ2n) is 13.0. The average Bonchev–Trinajstić information content (AvgIpc) is 3.38. The lowest BCUT2D eigenvalue weighted by atomic mass is 9.85. The van der Waals surface area contributed by atoms with E-state index in [0.717, 1.165) is 47.4 Å². The van der Waals surface area contributed by atoms with Crippen LogP contribution >= 0.6 is 11.3 Å². The van der Waals surface area contributed by atoms with Crippen molar-refractivity contribution in [2.45, 2.75) is 103 Å². The minimum absolute atomic E-state index is 0.0540. The summed E-state index contributed by atoms with van der Waals surface area (Å²) in [5.41, 5.74) is 7.40. The van der Waals surface area contributed by atoms with Gasteiger partial charge in [0.15, 0.2) is 5.67 Å². The number of β-amino-alcohol motifs (C(OH)–C–C–N with tert-alkyl or cyclic N) is 1. The summed E-state index contributed by atoms with van der Waals surface area (Å²) in [6.45, 7) is 8.56. The van der Waals surface area contributed by atoms with E-state index in [4.69, 9.17) is 10.5 Å². The molecular weight excluding hydrogens is 585 g/mol. The molecule has 10 nitrogen and oxygen atoms in total. The van der Waals surface area contributed by atoms with E-state index >= 15 is 0 Å². The standard InChI is InChI=1S/C32H46FN5O5S/c1-20-26(44-19-36-20)21-9-10-22(25(15-21)43-14-8-6-5-7-13-34)17-35-28(40)24-16-23(39)18-38(24)29(41)27(31(2,3)4)37-30(42)32(33)11-12-32/h9-10,15,19,23-24,27,39H,5-8,11-14,16-18,34H2,1-4H3,(H,35,40)(H,37,42). The van der Waals surface area contributed by atoms with Gasteiger partial charge >= 0.3 is 0 Å². The Balaban J connectivity index is 1.46. The van der Waals surface area contributed by atoms with Crippen LogP contribution in [0.15, 0.2) is 23.7 Å². The molecule has 0 bridgehead atoms. The minimum Gasteiger partial charge on any atom is -0.493 e. The van der Waals surface area contributed by atoms with E-state index in [-0.39, 0.29) is 32.4 Å². The van der Waals surface area contributed by atoms with Crippen molar-refractivity contribution >= 4 is 29.1 Å². The fraction of sp³-hybridized carbons (Fsp3) is 0.625. The van der Waals surface area contributed by atoms with E-state index in [9.17, 15) is 23.9 Å². The highest BCUT2D eigenvalue weighted by molar-refractivity contribution is 7.13. The van der Waals surface area contributed by atoms with Gasteiger partial charge in [-0.25, -0.2) is 9.37 Å². The molecule has 1 saturated carbocycles. The van der Waals surface area contributed by atoms with Crippen LogP contribution in [0.25, 0.3) is 10.4 Å². The zero-order valence-corrected chi connectivity index (χ0v) is 27.0. The highest BCUT2D eigenvalue weighted by Crippen LogP contribution is 2.40. The van der Waals surface area contributed by atoms with Gasteiger partial charge in [0.1, 0.15) is 17.8 Å². The summed E-state index contributed by atoms with van der Waals surface area (Å²) >= 11 is 1.55. The molecule has 2 heterocycles. The maximum atomic E-state index is 14.5. The normalized spacial score (nSPS) is 19.8. The number of carbonyl (C=O) groups excluding carboxylic acids is 3. The van der Waals surface area contributed by atoms with Crippen molar-refractivity contribution in [2.75, 3.05) is 19.7 Å². The third-order valence-corrected chi connectivity index (χ3v) is 9.21. The lowest BCUT2D eigenvalue weighted by Gasteiger charge is -2.35. The van der Waals surface area contributed by atoms with Crippen LogP contribution in [0.5, 0.6) is 5.75 Å². The van der Waals surface area contributed by atoms with Crippen molar-refractivity contribution in [3.05, 3.63) is 35.0 Å². The van der Waals surface area contributed by atoms with Crippen molar-refractivity contribution in [3.8, 4) is 16.2 Å². The molecule has 3 atom stereocenters. The van der Waals surface area contributed by atoms with Gasteiger partial charge in [0.25, 0.3) is 5.91 Å². The Morgan fingerprint density at radius 3 is 2.59 bits per heavy atom. The van der Waals surface area contributed by atoms with Crippen molar-refractivity contribution < 1.29 is 28.6 Å². The lowest BCUT2D eigenvalue weighted by Crippen LogP contribution is -2.59. The van der Waals surface area contributed by atoms with E-state index in [1.165, 1.54) is 4.90 Å². The largest absolute Gasteiger partial charge is 0.493 e. The molecule has 2 fully saturated rings. The molecule has 4 rings (SSSR count). The summed E-state index contributed by atoms with van der Waals surface area (Å²) in [6.07, 6.45) is 3.32. The Morgan fingerprint density at radius 1 is 1.23 bits per heavy atom. The van der Waals surface area contributed by atoms with Gasteiger partial charge in [-0.1, -0.05) is 45.7 Å². The second kappa shape index (κ2) is 14.3. The number of aryl methyl sites for hydroxylation is 1. The Bertz CT molecular complexity index is 1320. The molecule has 1 aliphatic carbocycles. The van der Waals surface area contributed by atoms with Crippen LogP contribution in [0.3, 0.4) is 0 Å². The summed E-state index contributed by atoms with van der Waals surface area (Å²) in [5.74, 6) is -1.09. The van der Waals surface area contributed by atoms with E-state index in [2.05, 4.69) is 15.6 Å². The maximum absolute atomic E-state index is 14.5. The highest BCUT2D eigenvalue weighted by atomic mass is 32.1. The van der Waals surface area contributed by atoms with Crippen LogP contribution in [0.1, 0.15) is 77.0 Å². The molecule has 0 radical (unpaired) electrons. The number of aliphatic hydroxyl groups excluding tert-OH is 1. The number of alkyl halides is 1. The topological polar surface area (TPSA) is 147 Å². The molecule has 5 N–H and O–H groups in total. The molecule has 3 unspecified atom stereocenters. The fourth-order valence-corrected chi connectivity index (χ4v) is 6.16. The molecule has 1 saturated heterocycles. The quantitative estimate of drug-likeness (QED) is 0.233. The van der Waals surface area contributed by atoms with E-state index < -0.39 is 47.0 Å². The first-order valence-electron chi connectivity index (χ1n) is 15.5. The molecule has 12 heteroatoms. The van der Waals surface area contributed by atoms with Crippen LogP contribution in [0.4, 0.5) is 4.39 Å². The van der Waals surface area contributed by atoms with Crippen LogP contribution in [-0.4, -0.2) is 76.3 Å². The lowest BCUT2D eigenvalue weighted by molar-refractivity contribution is -0.145. The number of nitrogens with one attached hydrogen (secondary N) is 2. The summed E-state index contributed by atoms with van der Waals surface area (Å²) in [6, 6.07) is 3.85. The Morgan fingerprint density at radius 2 is 1.95 bits per heavy atom. The van der Waals surface area contributed by atoms with Gasteiger partial charge in [-0.15, -0.1) is 11.3 Å². The number of unbranched alkanes of at least 4 members (excludes halogenated alkanes) is 3. The molecule has 1 aliphatic heterocycles. The van der Waals surface area contributed by atoms with E-state index in [0.29, 0.717) is 18.9 Å². The van der Waals surface area contributed by atoms with Gasteiger partial charge in [-0.2, -0.15) is 0 Å². The second-order valence-corrected chi connectivity index (χ2v) is 13.8. The number of rotatable bonds is 14. The number of hydrogen-bond acceptors (Lipinski definition) is 8. The number of nitrogens with zero attached hydrogens (tertiary/aromatic N) is 2. The van der Waals surface area contributed by atoms with Gasteiger partial charge in [0.05, 0.1) is 28.8 Å². The average molecular weight is 632 g/mol. The number of halogens is 1. The summed E-state index contributed by atoms with van der Waals surface area (Å²) in [4.78, 5) is 46.4. The molecule has 44 heavy (non-hydrogen) atoms. The monoisotopic (exact) mass is 631 g/mol. The number of amides is 3. The SMILES string of the molecule is Cc1ncsc1-c1ccc(CNC(=O)C2CC(O)CN2C(=O)C(NC(=O)C2(F)CC2)C(C)(C)C)c(OCCCCCCN)c1. The molecular formula is C32H46FN5O5S. The Hall–Kier alpha value is -3.09. The van der Waals surface area contributed by atoms with Gasteiger partial charge in [0.2, 0.25) is 11.8 Å². The Labute approximate surface area is 262 Å². The summed E-state index contributed by atoms with van der Waals surface area (Å²) in [5, 5.41) is 16.0. The first kappa shape index (κ1) is 33.8. The molecule has 2 aromatic rings. The number of hydrogen-bond donors (Lipinski definition) is 4. The highest BCUT2D eigenvalue weighted by Gasteiger charge is 2.53. The van der Waals surface area contributed by atoms with Crippen molar-refractivity contribution in [1.82, 2.24) is 20.5 Å². The van der Waals surface area contributed by atoms with Gasteiger partial charge in [-0.3, -0.25) is 14.4 Å². The van der Waals surface area contributed by atoms with Crippen LogP contribution in [0, 0.1) is 12.3 Å². The predicted molar refractivity (Wildman–Crippen MR) is 168 cm³/mol. The van der Waals surface area contributed by atoms with E-state index in [1.807, 2.05) is 25.1 Å². The number of nitrogens with two attached hydrogens (primary N) is 1. The molecule has 1 aromatic heterocycles. The fourth-order valence-electron chi connectivity index (χ4n) is 5.36. The first-order chi connectivity index (χ1) is 20.8. The molecule has 3 amide bonds. The number of aromatic nitrogens is 1. The van der Waals surface area contributed by atoms with Crippen molar-refractivity contribution in [3.63, 3.8) is 0 Å². The number of thiazole rings is 1. The molecule has 1 aromatic carbocycles. The zero-order chi connectivity index (χ0) is 32.1. The maximum Gasteiger partial charge on any atom is 0.258 e. The van der Waals surface area contributed by atoms with E-state index in [1.54, 1.807) is 37.6 Å². The van der Waals surface area contributed by atoms with Crippen LogP contribution in [0.2, 0.25) is 0 Å². The third-order valence-electron chi connectivity index (χ3n) is 8.23. The third kappa shape index (κ3) is 8.33. The zero-order valence-electron chi connectivity index (χ0n) is 26.2. The number of ether oxygens (including phenoxy) is 1. The minimum atomic E-state index is -1.94. The number of aliphatic hydroxyl groups is 1. The summed E-state index contributed by atoms with van der Waals surface area (Å²) in [7, 11) is 0. The van der Waals surface area contributed by atoms with Crippen molar-refractivity contribution in [2.24, 2.45) is 11.1 Å². The van der Waals surface area contributed by atoms with Gasteiger partial charge in [-0.05, 0) is 56.2 Å². The van der Waals surface area contributed by atoms with Crippen LogP contribution in [-0.2, 0) is 20.9 Å². The number of benzene rings is 1. The number of likely N-dealkylation sites (tertiary alicyclic amines) is 1. The van der Waals surface area contributed by atoms with Crippen molar-refractivity contribution in [1.29, 1.82) is 0 Å². The molecule has 242 valence electrons. The smallest absolute Gasteiger partial charge is 0.258 e. The van der Waals surface area contributed by atoms with Gasteiger partial charge in [0, 0.05) is 25.1 Å². The summed E-state index contributed by atoms with van der Waals surface area (Å²) < 4.78 is 20.7. The Kier molecular flexibility index (Phi) is 11.0.